The number of nitrogens with one attached hydrogen (secondary N) is 2. The van der Waals surface area contributed by atoms with Crippen molar-refractivity contribution in [1.29, 1.82) is 0 Å². The Bertz CT molecular complexity index is 574. The van der Waals surface area contributed by atoms with Gasteiger partial charge in [0.05, 0.1) is 19.1 Å². The summed E-state index contributed by atoms with van der Waals surface area (Å²) in [6, 6.07) is 7.16. The molecule has 1 heterocycles. The van der Waals surface area contributed by atoms with E-state index in [2.05, 4.69) is 10.6 Å². The lowest BCUT2D eigenvalue weighted by molar-refractivity contribution is -0.142. The van der Waals surface area contributed by atoms with E-state index in [0.29, 0.717) is 24.5 Å². The Labute approximate surface area is 149 Å². The van der Waals surface area contributed by atoms with Crippen LogP contribution in [-0.4, -0.2) is 50.0 Å². The van der Waals surface area contributed by atoms with Gasteiger partial charge in [-0.3, -0.25) is 9.59 Å². The van der Waals surface area contributed by atoms with Gasteiger partial charge in [0.1, 0.15) is 5.75 Å². The molecular formula is C17H26ClN3O3. The number of amides is 2. The second kappa shape index (κ2) is 8.89. The van der Waals surface area contributed by atoms with E-state index < -0.39 is 5.41 Å². The van der Waals surface area contributed by atoms with Crippen LogP contribution in [-0.2, 0) is 9.59 Å². The Hall–Kier alpha value is -1.79. The topological polar surface area (TPSA) is 70.7 Å². The van der Waals surface area contributed by atoms with Crippen LogP contribution in [0.2, 0.25) is 0 Å². The minimum absolute atomic E-state index is 0. The molecule has 1 fully saturated rings. The van der Waals surface area contributed by atoms with E-state index in [1.165, 1.54) is 0 Å². The summed E-state index contributed by atoms with van der Waals surface area (Å²) in [5, 5.41) is 6.03. The van der Waals surface area contributed by atoms with Crippen molar-refractivity contribution in [1.82, 2.24) is 10.2 Å². The lowest BCUT2D eigenvalue weighted by atomic mass is 9.88. The van der Waals surface area contributed by atoms with Gasteiger partial charge >= 0.3 is 0 Å². The number of nitrogens with zero attached hydrogens (tertiary/aromatic N) is 1. The first-order chi connectivity index (χ1) is 11.0. The number of benzene rings is 1. The molecule has 1 atom stereocenters. The zero-order valence-corrected chi connectivity index (χ0v) is 15.2. The van der Waals surface area contributed by atoms with E-state index in [0.717, 1.165) is 13.0 Å². The summed E-state index contributed by atoms with van der Waals surface area (Å²) in [4.78, 5) is 26.5. The third kappa shape index (κ3) is 4.85. The van der Waals surface area contributed by atoms with Gasteiger partial charge in [-0.25, -0.2) is 0 Å². The van der Waals surface area contributed by atoms with Crippen molar-refractivity contribution in [2.75, 3.05) is 38.6 Å². The van der Waals surface area contributed by atoms with Gasteiger partial charge in [-0.1, -0.05) is 6.07 Å². The van der Waals surface area contributed by atoms with Gasteiger partial charge < -0.3 is 20.3 Å². The Morgan fingerprint density at radius 1 is 1.42 bits per heavy atom. The lowest BCUT2D eigenvalue weighted by Gasteiger charge is -2.30. The van der Waals surface area contributed by atoms with Crippen LogP contribution in [0.15, 0.2) is 24.3 Å². The highest BCUT2D eigenvalue weighted by atomic mass is 35.5. The van der Waals surface area contributed by atoms with Crippen molar-refractivity contribution in [3.05, 3.63) is 24.3 Å². The maximum Gasteiger partial charge on any atom is 0.243 e. The van der Waals surface area contributed by atoms with Crippen LogP contribution in [0.1, 0.15) is 20.3 Å². The smallest absolute Gasteiger partial charge is 0.243 e. The first kappa shape index (κ1) is 20.3. The highest BCUT2D eigenvalue weighted by molar-refractivity contribution is 5.95. The number of anilines is 1. The van der Waals surface area contributed by atoms with Crippen molar-refractivity contribution in [3.63, 3.8) is 0 Å². The predicted molar refractivity (Wildman–Crippen MR) is 96.7 cm³/mol. The molecule has 0 aromatic heterocycles. The molecule has 24 heavy (non-hydrogen) atoms. The molecule has 0 aliphatic carbocycles. The number of likely N-dealkylation sites (N-methyl/N-ethyl adjacent to an activating group) is 1. The van der Waals surface area contributed by atoms with Crippen LogP contribution in [0.3, 0.4) is 0 Å². The van der Waals surface area contributed by atoms with Gasteiger partial charge in [-0.2, -0.15) is 0 Å². The van der Waals surface area contributed by atoms with Crippen molar-refractivity contribution in [2.45, 2.75) is 20.3 Å². The number of methoxy groups -OCH3 is 1. The molecule has 1 aromatic rings. The van der Waals surface area contributed by atoms with E-state index in [9.17, 15) is 9.59 Å². The summed E-state index contributed by atoms with van der Waals surface area (Å²) in [7, 11) is 1.58. The summed E-state index contributed by atoms with van der Waals surface area (Å²) in [5.41, 5.74) is 0.248. The van der Waals surface area contributed by atoms with E-state index in [1.807, 2.05) is 26.0 Å². The van der Waals surface area contributed by atoms with Crippen molar-refractivity contribution in [3.8, 4) is 5.75 Å². The largest absolute Gasteiger partial charge is 0.497 e. The molecule has 2 amide bonds. The molecule has 134 valence electrons. The zero-order chi connectivity index (χ0) is 16.9. The van der Waals surface area contributed by atoms with Crippen LogP contribution in [0, 0.1) is 5.41 Å². The molecule has 1 unspecified atom stereocenters. The number of ether oxygens (including phenoxy) is 1. The molecule has 0 saturated carbocycles. The Kier molecular flexibility index (Phi) is 7.51. The molecule has 6 nitrogen and oxygen atoms in total. The molecule has 1 aromatic carbocycles. The molecule has 2 rings (SSSR count). The molecule has 0 spiro atoms. The van der Waals surface area contributed by atoms with Gasteiger partial charge in [0.25, 0.3) is 0 Å². The quantitative estimate of drug-likeness (QED) is 0.817. The fraction of sp³-hybridized carbons (Fsp3) is 0.529. The lowest BCUT2D eigenvalue weighted by Crippen LogP contribution is -2.46. The van der Waals surface area contributed by atoms with Gasteiger partial charge in [0.15, 0.2) is 0 Å². The first-order valence-electron chi connectivity index (χ1n) is 7.92. The standard InChI is InChI=1S/C17H25N3O3.ClH/c1-4-20(16(22)17(2)8-9-18-12-17)11-15(21)19-13-6-5-7-14(10-13)23-3;/h5-7,10,18H,4,8-9,11-12H2,1-3H3,(H,19,21);1H. The number of hydrogen-bond acceptors (Lipinski definition) is 4. The van der Waals surface area contributed by atoms with E-state index in [1.54, 1.807) is 24.1 Å². The minimum atomic E-state index is -0.410. The van der Waals surface area contributed by atoms with Crippen molar-refractivity contribution in [2.24, 2.45) is 5.41 Å². The molecule has 1 aliphatic heterocycles. The minimum Gasteiger partial charge on any atom is -0.497 e. The SMILES string of the molecule is CCN(CC(=O)Nc1cccc(OC)c1)C(=O)C1(C)CCNC1.Cl. The van der Waals surface area contributed by atoms with E-state index in [4.69, 9.17) is 4.74 Å². The highest BCUT2D eigenvalue weighted by Crippen LogP contribution is 2.27. The normalized spacial score (nSPS) is 19.3. The molecule has 2 N–H and O–H groups in total. The van der Waals surface area contributed by atoms with Crippen LogP contribution < -0.4 is 15.4 Å². The summed E-state index contributed by atoms with van der Waals surface area (Å²) in [6.07, 6.45) is 0.805. The molecule has 7 heteroatoms. The summed E-state index contributed by atoms with van der Waals surface area (Å²) in [5.74, 6) is 0.504. The molecule has 0 bridgehead atoms. The number of carbonyl (C=O) groups is 2. The first-order valence-corrected chi connectivity index (χ1v) is 7.92. The second-order valence-electron chi connectivity index (χ2n) is 6.09. The van der Waals surface area contributed by atoms with Crippen LogP contribution in [0.4, 0.5) is 5.69 Å². The van der Waals surface area contributed by atoms with Crippen molar-refractivity contribution < 1.29 is 14.3 Å². The monoisotopic (exact) mass is 355 g/mol. The summed E-state index contributed by atoms with van der Waals surface area (Å²) >= 11 is 0. The van der Waals surface area contributed by atoms with Gasteiger partial charge in [0, 0.05) is 24.8 Å². The molecular weight excluding hydrogens is 330 g/mol. The predicted octanol–water partition coefficient (Wildman–Crippen LogP) is 1.90. The van der Waals surface area contributed by atoms with Crippen LogP contribution >= 0.6 is 12.4 Å². The number of carbonyl (C=O) groups excluding carboxylic acids is 2. The number of hydrogen-bond donors (Lipinski definition) is 2. The van der Waals surface area contributed by atoms with Crippen LogP contribution in [0.25, 0.3) is 0 Å². The van der Waals surface area contributed by atoms with Crippen molar-refractivity contribution >= 4 is 29.9 Å². The molecule has 1 saturated heterocycles. The van der Waals surface area contributed by atoms with E-state index in [-0.39, 0.29) is 30.8 Å². The zero-order valence-electron chi connectivity index (χ0n) is 14.4. The van der Waals surface area contributed by atoms with Crippen LogP contribution in [0.5, 0.6) is 5.75 Å². The molecule has 1 aliphatic rings. The maximum atomic E-state index is 12.7. The second-order valence-corrected chi connectivity index (χ2v) is 6.09. The average molecular weight is 356 g/mol. The molecule has 0 radical (unpaired) electrons. The Balaban J connectivity index is 0.00000288. The Morgan fingerprint density at radius 3 is 2.75 bits per heavy atom. The van der Waals surface area contributed by atoms with Gasteiger partial charge in [-0.05, 0) is 38.9 Å². The van der Waals surface area contributed by atoms with Gasteiger partial charge in [0.2, 0.25) is 11.8 Å². The third-order valence-corrected chi connectivity index (χ3v) is 4.24. The van der Waals surface area contributed by atoms with E-state index >= 15 is 0 Å². The summed E-state index contributed by atoms with van der Waals surface area (Å²) in [6.45, 7) is 5.93. The summed E-state index contributed by atoms with van der Waals surface area (Å²) < 4.78 is 5.13. The number of halogens is 1. The maximum absolute atomic E-state index is 12.7. The number of rotatable bonds is 6. The fourth-order valence-corrected chi connectivity index (χ4v) is 2.78. The highest BCUT2D eigenvalue weighted by Gasteiger charge is 2.39. The fourth-order valence-electron chi connectivity index (χ4n) is 2.78. The average Bonchev–Trinajstić information content (AvgIpc) is 3.00. The Morgan fingerprint density at radius 2 is 2.17 bits per heavy atom. The van der Waals surface area contributed by atoms with Gasteiger partial charge in [-0.15, -0.1) is 12.4 Å². The third-order valence-electron chi connectivity index (χ3n) is 4.24.